The predicted octanol–water partition coefficient (Wildman–Crippen LogP) is 2.18. The van der Waals surface area contributed by atoms with Crippen molar-refractivity contribution in [3.8, 4) is 0 Å². The number of rotatable bonds is 5. The maximum Gasteiger partial charge on any atom is 0.309 e. The highest BCUT2D eigenvalue weighted by atomic mass is 32.2. The number of hydrogen-bond donors (Lipinski definition) is 0. The van der Waals surface area contributed by atoms with Gasteiger partial charge in [-0.05, 0) is 25.7 Å². The summed E-state index contributed by atoms with van der Waals surface area (Å²) in [4.78, 5) is 11.5. The molecule has 0 aliphatic heterocycles. The summed E-state index contributed by atoms with van der Waals surface area (Å²) in [6.07, 6.45) is 3.55. The molecule has 0 radical (unpaired) electrons. The summed E-state index contributed by atoms with van der Waals surface area (Å²) < 4.78 is 29.3. The fraction of sp³-hybridized carbons (Fsp3) is 0.923. The van der Waals surface area contributed by atoms with Crippen LogP contribution in [0, 0.1) is 11.8 Å². The molecule has 106 valence electrons. The topological polar surface area (TPSA) is 60.4 Å². The molecule has 0 aromatic carbocycles. The van der Waals surface area contributed by atoms with Gasteiger partial charge in [-0.3, -0.25) is 4.79 Å². The minimum atomic E-state index is -3.18. The Bertz CT molecular complexity index is 374. The quantitative estimate of drug-likeness (QED) is 0.722. The lowest BCUT2D eigenvalue weighted by molar-refractivity contribution is -0.146. The van der Waals surface area contributed by atoms with Crippen LogP contribution in [0.5, 0.6) is 0 Å². The molecule has 0 amide bonds. The molecule has 1 aliphatic rings. The van der Waals surface area contributed by atoms with Crippen molar-refractivity contribution in [2.45, 2.75) is 51.7 Å². The van der Waals surface area contributed by atoms with E-state index in [0.717, 1.165) is 25.7 Å². The van der Waals surface area contributed by atoms with Gasteiger partial charge in [-0.1, -0.05) is 26.7 Å². The lowest BCUT2D eigenvalue weighted by atomic mass is 9.91. The Balaban J connectivity index is 2.61. The maximum atomic E-state index is 12.2. The Labute approximate surface area is 110 Å². The lowest BCUT2D eigenvalue weighted by Crippen LogP contribution is -2.33. The van der Waals surface area contributed by atoms with Gasteiger partial charge in [0, 0.05) is 0 Å². The maximum absolute atomic E-state index is 12.2. The van der Waals surface area contributed by atoms with Crippen LogP contribution in [0.3, 0.4) is 0 Å². The summed E-state index contributed by atoms with van der Waals surface area (Å²) in [6.45, 7) is 5.74. The van der Waals surface area contributed by atoms with Crippen LogP contribution in [0.1, 0.15) is 46.5 Å². The second kappa shape index (κ2) is 6.55. The Morgan fingerprint density at radius 1 is 1.39 bits per heavy atom. The smallest absolute Gasteiger partial charge is 0.309 e. The molecule has 0 aromatic heterocycles. The average molecular weight is 276 g/mol. The Hall–Kier alpha value is -0.580. The third-order valence-corrected chi connectivity index (χ3v) is 5.98. The molecule has 0 N–H and O–H groups in total. The first-order valence-corrected chi connectivity index (χ1v) is 8.46. The molecule has 3 atom stereocenters. The van der Waals surface area contributed by atoms with Gasteiger partial charge in [0.25, 0.3) is 0 Å². The van der Waals surface area contributed by atoms with Gasteiger partial charge in [-0.2, -0.15) is 0 Å². The highest BCUT2D eigenvalue weighted by molar-refractivity contribution is 7.92. The summed E-state index contributed by atoms with van der Waals surface area (Å²) in [6, 6.07) is 0. The van der Waals surface area contributed by atoms with Gasteiger partial charge in [-0.25, -0.2) is 8.42 Å². The van der Waals surface area contributed by atoms with Crippen LogP contribution < -0.4 is 0 Å². The number of hydrogen-bond acceptors (Lipinski definition) is 4. The van der Waals surface area contributed by atoms with E-state index < -0.39 is 21.7 Å². The first-order chi connectivity index (χ1) is 8.36. The van der Waals surface area contributed by atoms with E-state index in [9.17, 15) is 13.2 Å². The minimum Gasteiger partial charge on any atom is -0.466 e. The van der Waals surface area contributed by atoms with Crippen LogP contribution in [0.4, 0.5) is 0 Å². The van der Waals surface area contributed by atoms with Crippen molar-refractivity contribution in [3.63, 3.8) is 0 Å². The van der Waals surface area contributed by atoms with Crippen molar-refractivity contribution in [3.05, 3.63) is 0 Å². The third-order valence-electron chi connectivity index (χ3n) is 3.57. The van der Waals surface area contributed by atoms with E-state index in [4.69, 9.17) is 4.74 Å². The number of sulfone groups is 1. The monoisotopic (exact) mass is 276 g/mol. The zero-order valence-electron chi connectivity index (χ0n) is 11.5. The molecule has 3 unspecified atom stereocenters. The molecule has 18 heavy (non-hydrogen) atoms. The number of ether oxygens (including phenoxy) is 1. The number of esters is 1. The Kier molecular flexibility index (Phi) is 5.63. The molecule has 1 aliphatic carbocycles. The molecule has 5 heteroatoms. The van der Waals surface area contributed by atoms with Crippen molar-refractivity contribution >= 4 is 15.8 Å². The van der Waals surface area contributed by atoms with Crippen molar-refractivity contribution < 1.29 is 17.9 Å². The molecular weight excluding hydrogens is 252 g/mol. The fourth-order valence-corrected chi connectivity index (χ4v) is 4.79. The SMILES string of the molecule is CCOC(=O)C(C)CS(=O)(=O)C1CCCC(C)C1. The molecule has 0 bridgehead atoms. The van der Waals surface area contributed by atoms with E-state index in [-0.39, 0.29) is 11.0 Å². The van der Waals surface area contributed by atoms with Gasteiger partial charge < -0.3 is 4.74 Å². The first-order valence-electron chi connectivity index (χ1n) is 6.75. The molecule has 1 fully saturated rings. The van der Waals surface area contributed by atoms with E-state index in [1.54, 1.807) is 13.8 Å². The fourth-order valence-electron chi connectivity index (χ4n) is 2.54. The van der Waals surface area contributed by atoms with Gasteiger partial charge in [-0.15, -0.1) is 0 Å². The van der Waals surface area contributed by atoms with Crippen LogP contribution in [0.2, 0.25) is 0 Å². The average Bonchev–Trinajstić information content (AvgIpc) is 2.28. The van der Waals surface area contributed by atoms with Crippen LogP contribution in [-0.4, -0.2) is 32.0 Å². The predicted molar refractivity (Wildman–Crippen MR) is 71.0 cm³/mol. The van der Waals surface area contributed by atoms with Crippen molar-refractivity contribution in [2.24, 2.45) is 11.8 Å². The molecule has 0 saturated heterocycles. The van der Waals surface area contributed by atoms with Crippen molar-refractivity contribution in [2.75, 3.05) is 12.4 Å². The molecular formula is C13H24O4S. The molecule has 0 spiro atoms. The second-order valence-electron chi connectivity index (χ2n) is 5.38. The van der Waals surface area contributed by atoms with Crippen molar-refractivity contribution in [1.82, 2.24) is 0 Å². The summed E-state index contributed by atoms with van der Waals surface area (Å²) in [7, 11) is -3.18. The van der Waals surface area contributed by atoms with Crippen LogP contribution in [0.15, 0.2) is 0 Å². The zero-order valence-corrected chi connectivity index (χ0v) is 12.3. The van der Waals surface area contributed by atoms with E-state index in [1.165, 1.54) is 0 Å². The highest BCUT2D eigenvalue weighted by Crippen LogP contribution is 2.29. The molecule has 4 nitrogen and oxygen atoms in total. The van der Waals surface area contributed by atoms with Gasteiger partial charge in [0.1, 0.15) is 0 Å². The van der Waals surface area contributed by atoms with Crippen LogP contribution in [0.25, 0.3) is 0 Å². The normalized spacial score (nSPS) is 26.6. The standard InChI is InChI=1S/C13H24O4S/c1-4-17-13(14)11(3)9-18(15,16)12-7-5-6-10(2)8-12/h10-12H,4-9H2,1-3H3. The number of carbonyl (C=O) groups is 1. The van der Waals surface area contributed by atoms with E-state index in [0.29, 0.717) is 12.5 Å². The Morgan fingerprint density at radius 3 is 2.61 bits per heavy atom. The zero-order chi connectivity index (χ0) is 13.8. The molecule has 1 saturated carbocycles. The number of carbonyl (C=O) groups excluding carboxylic acids is 1. The second-order valence-corrected chi connectivity index (χ2v) is 7.70. The minimum absolute atomic E-state index is 0.0801. The molecule has 0 heterocycles. The van der Waals surface area contributed by atoms with Gasteiger partial charge in [0.05, 0.1) is 23.5 Å². The highest BCUT2D eigenvalue weighted by Gasteiger charge is 2.33. The van der Waals surface area contributed by atoms with E-state index in [2.05, 4.69) is 6.92 Å². The van der Waals surface area contributed by atoms with Gasteiger partial charge in [0.15, 0.2) is 9.84 Å². The van der Waals surface area contributed by atoms with Crippen molar-refractivity contribution in [1.29, 1.82) is 0 Å². The van der Waals surface area contributed by atoms with Gasteiger partial charge in [0.2, 0.25) is 0 Å². The summed E-state index contributed by atoms with van der Waals surface area (Å²) in [5.74, 6) is -0.586. The van der Waals surface area contributed by atoms with E-state index >= 15 is 0 Å². The largest absolute Gasteiger partial charge is 0.466 e. The molecule has 0 aromatic rings. The molecule has 1 rings (SSSR count). The van der Waals surface area contributed by atoms with Crippen LogP contribution >= 0.6 is 0 Å². The van der Waals surface area contributed by atoms with Gasteiger partial charge >= 0.3 is 5.97 Å². The summed E-state index contributed by atoms with van der Waals surface area (Å²) >= 11 is 0. The summed E-state index contributed by atoms with van der Waals surface area (Å²) in [5, 5.41) is -0.266. The van der Waals surface area contributed by atoms with E-state index in [1.807, 2.05) is 0 Å². The van der Waals surface area contributed by atoms with Crippen LogP contribution in [-0.2, 0) is 19.4 Å². The summed E-state index contributed by atoms with van der Waals surface area (Å²) in [5.41, 5.74) is 0. The first kappa shape index (κ1) is 15.5. The lowest BCUT2D eigenvalue weighted by Gasteiger charge is -2.27. The third kappa shape index (κ3) is 4.26. The Morgan fingerprint density at radius 2 is 2.06 bits per heavy atom.